The maximum absolute atomic E-state index is 13.0. The highest BCUT2D eigenvalue weighted by molar-refractivity contribution is 7.91. The van der Waals surface area contributed by atoms with Crippen LogP contribution in [0.4, 0.5) is 10.5 Å². The Hall–Kier alpha value is -2.30. The number of nitrogens with one attached hydrogen (secondary N) is 2. The normalized spacial score (nSPS) is 21.8. The van der Waals surface area contributed by atoms with Gasteiger partial charge in [0.1, 0.15) is 0 Å². The molecule has 2 atom stereocenters. The summed E-state index contributed by atoms with van der Waals surface area (Å²) in [5, 5.41) is 16.5. The van der Waals surface area contributed by atoms with Crippen molar-refractivity contribution in [2.75, 3.05) is 11.9 Å². The molecule has 0 saturated carbocycles. The summed E-state index contributed by atoms with van der Waals surface area (Å²) >= 11 is 0. The van der Waals surface area contributed by atoms with Gasteiger partial charge in [0.2, 0.25) is 0 Å². The Morgan fingerprint density at radius 3 is 3.07 bits per heavy atom. The molecule has 29 heavy (non-hydrogen) atoms. The first-order chi connectivity index (χ1) is 13.9. The van der Waals surface area contributed by atoms with E-state index < -0.39 is 15.9 Å². The van der Waals surface area contributed by atoms with Gasteiger partial charge in [-0.1, -0.05) is 6.92 Å². The number of carbonyl (C=O) groups is 1. The van der Waals surface area contributed by atoms with Crippen LogP contribution in [0.25, 0.3) is 0 Å². The molecule has 0 saturated heterocycles. The van der Waals surface area contributed by atoms with Gasteiger partial charge >= 0.3 is 6.03 Å². The zero-order valence-electron chi connectivity index (χ0n) is 16.4. The summed E-state index contributed by atoms with van der Waals surface area (Å²) in [4.78, 5) is 17.6. The lowest BCUT2D eigenvalue weighted by molar-refractivity contribution is 0.260. The fourth-order valence-corrected chi connectivity index (χ4v) is 5.47. The maximum atomic E-state index is 13.0. The molecule has 4 N–H and O–H groups in total. The molecule has 2 unspecified atom stereocenters. The molecule has 2 aliphatic carbocycles. The van der Waals surface area contributed by atoms with Crippen LogP contribution in [0.2, 0.25) is 0 Å². The van der Waals surface area contributed by atoms with Gasteiger partial charge in [-0.2, -0.15) is 5.10 Å². The van der Waals surface area contributed by atoms with Crippen molar-refractivity contribution in [1.29, 1.82) is 0 Å². The number of hydrogen-bond acceptors (Lipinski definition) is 5. The van der Waals surface area contributed by atoms with Crippen molar-refractivity contribution in [3.63, 3.8) is 0 Å². The largest absolute Gasteiger partial charge is 0.354 e. The average Bonchev–Trinajstić information content (AvgIpc) is 3.40. The molecule has 10 heteroatoms. The van der Waals surface area contributed by atoms with Crippen molar-refractivity contribution < 1.29 is 9.00 Å². The van der Waals surface area contributed by atoms with E-state index in [4.69, 9.17) is 10.1 Å². The number of carbonyl (C=O) groups excluding carboxylic acids is 1. The third-order valence-corrected chi connectivity index (χ3v) is 7.28. The molecule has 0 fully saturated rings. The maximum Gasteiger partial charge on any atom is 0.354 e. The number of fused-ring (bicyclic) bond motifs is 3. The number of aryl methyl sites for hydroxylation is 1. The van der Waals surface area contributed by atoms with Gasteiger partial charge in [-0.05, 0) is 55.2 Å². The fraction of sp³-hybridized carbons (Fsp3) is 0.526. The van der Waals surface area contributed by atoms with Crippen LogP contribution in [-0.2, 0) is 42.3 Å². The van der Waals surface area contributed by atoms with E-state index in [0.29, 0.717) is 19.0 Å². The lowest BCUT2D eigenvalue weighted by Crippen LogP contribution is -2.28. The summed E-state index contributed by atoms with van der Waals surface area (Å²) in [5.41, 5.74) is 6.02. The van der Waals surface area contributed by atoms with Crippen molar-refractivity contribution in [3.05, 3.63) is 34.3 Å². The van der Waals surface area contributed by atoms with E-state index in [-0.39, 0.29) is 5.03 Å². The highest BCUT2D eigenvalue weighted by Gasteiger charge is 2.30. The first kappa shape index (κ1) is 18.7. The number of nitrogens with two attached hydrogens (primary N) is 1. The molecule has 3 aliphatic rings. The number of pyridine rings is 1. The van der Waals surface area contributed by atoms with Gasteiger partial charge in [0.25, 0.3) is 0 Å². The number of rotatable bonds is 2. The minimum absolute atomic E-state index is 0.144. The summed E-state index contributed by atoms with van der Waals surface area (Å²) in [6.07, 6.45) is 4.75. The molecule has 3 heterocycles. The molecule has 0 bridgehead atoms. The monoisotopic (exact) mass is 415 g/mol. The van der Waals surface area contributed by atoms with E-state index in [1.54, 1.807) is 10.7 Å². The standard InChI is InChI=1S/C19H25N7O2S/c1-11-5-6-14-17(11)22-15-4-2-3-13(15)18(14)23-19(27)25-29(20,28)16-9-12-10-21-7-8-26(12)24-16/h9,11,21H,2-8,10H2,1H3,(H3,20,22,23,25,27,28). The zero-order chi connectivity index (χ0) is 20.2. The van der Waals surface area contributed by atoms with Gasteiger partial charge < -0.3 is 10.6 Å². The van der Waals surface area contributed by atoms with Gasteiger partial charge in [0, 0.05) is 24.5 Å². The molecule has 2 aromatic rings. The van der Waals surface area contributed by atoms with Crippen molar-refractivity contribution in [3.8, 4) is 0 Å². The molecular formula is C19H25N7O2S. The number of amides is 2. The number of hydrogen-bond donors (Lipinski definition) is 3. The van der Waals surface area contributed by atoms with Crippen LogP contribution in [0.3, 0.4) is 0 Å². The third-order valence-electron chi connectivity index (χ3n) is 6.05. The molecule has 1 aliphatic heterocycles. The highest BCUT2D eigenvalue weighted by atomic mass is 32.2. The lowest BCUT2D eigenvalue weighted by Gasteiger charge is -2.15. The summed E-state index contributed by atoms with van der Waals surface area (Å²) in [6.45, 7) is 4.25. The second-order valence-electron chi connectivity index (χ2n) is 8.03. The summed E-state index contributed by atoms with van der Waals surface area (Å²) in [5.74, 6) is 0.382. The SMILES string of the molecule is CC1CCc2c1nc1c(c2NC(=O)N=S(N)(=O)c2cc3n(n2)CCNC3)CCC1. The van der Waals surface area contributed by atoms with Crippen LogP contribution >= 0.6 is 0 Å². The van der Waals surface area contributed by atoms with Crippen LogP contribution in [0.1, 0.15) is 53.9 Å². The van der Waals surface area contributed by atoms with Crippen LogP contribution < -0.4 is 15.8 Å². The smallest absolute Gasteiger partial charge is 0.309 e. The van der Waals surface area contributed by atoms with Gasteiger partial charge in [0.05, 0.1) is 17.9 Å². The van der Waals surface area contributed by atoms with Gasteiger partial charge in [-0.25, -0.2) is 14.1 Å². The van der Waals surface area contributed by atoms with E-state index in [1.807, 2.05) is 0 Å². The molecule has 9 nitrogen and oxygen atoms in total. The third kappa shape index (κ3) is 3.24. The van der Waals surface area contributed by atoms with Crippen molar-refractivity contribution in [1.82, 2.24) is 20.1 Å². The molecule has 154 valence electrons. The van der Waals surface area contributed by atoms with Gasteiger partial charge in [0.15, 0.2) is 14.9 Å². The number of anilines is 1. The molecular weight excluding hydrogens is 390 g/mol. The van der Waals surface area contributed by atoms with Crippen LogP contribution in [-0.4, -0.2) is 31.5 Å². The van der Waals surface area contributed by atoms with E-state index >= 15 is 0 Å². The van der Waals surface area contributed by atoms with E-state index in [2.05, 4.69) is 27.0 Å². The first-order valence-electron chi connectivity index (χ1n) is 10.1. The molecule has 2 amide bonds. The van der Waals surface area contributed by atoms with Crippen LogP contribution in [0.15, 0.2) is 15.5 Å². The Bertz CT molecular complexity index is 1110. The van der Waals surface area contributed by atoms with Crippen molar-refractivity contribution >= 4 is 21.6 Å². The zero-order valence-corrected chi connectivity index (χ0v) is 17.2. The average molecular weight is 416 g/mol. The number of aromatic nitrogens is 3. The minimum atomic E-state index is -3.42. The van der Waals surface area contributed by atoms with E-state index in [9.17, 15) is 9.00 Å². The van der Waals surface area contributed by atoms with Gasteiger partial charge in [-0.3, -0.25) is 9.67 Å². The van der Waals surface area contributed by atoms with Crippen molar-refractivity contribution in [2.45, 2.75) is 63.1 Å². The molecule has 2 aromatic heterocycles. The molecule has 0 aromatic carbocycles. The fourth-order valence-electron chi connectivity index (χ4n) is 4.56. The summed E-state index contributed by atoms with van der Waals surface area (Å²) in [7, 11) is -3.42. The van der Waals surface area contributed by atoms with Crippen LogP contribution in [0.5, 0.6) is 0 Å². The second-order valence-corrected chi connectivity index (χ2v) is 9.77. The Kier molecular flexibility index (Phi) is 4.45. The number of nitrogens with zero attached hydrogens (tertiary/aromatic N) is 4. The topological polar surface area (TPSA) is 127 Å². The summed E-state index contributed by atoms with van der Waals surface area (Å²) < 4.78 is 18.6. The predicted octanol–water partition coefficient (Wildman–Crippen LogP) is 1.85. The van der Waals surface area contributed by atoms with E-state index in [0.717, 1.165) is 72.5 Å². The van der Waals surface area contributed by atoms with E-state index in [1.165, 1.54) is 0 Å². The van der Waals surface area contributed by atoms with Crippen LogP contribution in [0, 0.1) is 0 Å². The van der Waals surface area contributed by atoms with Gasteiger partial charge in [-0.15, -0.1) is 4.36 Å². The summed E-state index contributed by atoms with van der Waals surface area (Å²) in [6, 6.07) is 0.970. The lowest BCUT2D eigenvalue weighted by atomic mass is 10.0. The second kappa shape index (κ2) is 6.89. The number of urea groups is 1. The molecule has 5 rings (SSSR count). The minimum Gasteiger partial charge on any atom is -0.309 e. The Balaban J connectivity index is 1.47. The Morgan fingerprint density at radius 1 is 1.38 bits per heavy atom. The highest BCUT2D eigenvalue weighted by Crippen LogP contribution is 2.41. The molecule has 0 spiro atoms. The Labute approximate surface area is 169 Å². The first-order valence-corrected chi connectivity index (χ1v) is 11.7. The predicted molar refractivity (Wildman–Crippen MR) is 109 cm³/mol. The quantitative estimate of drug-likeness (QED) is 0.690. The Morgan fingerprint density at radius 2 is 2.24 bits per heavy atom. The van der Waals surface area contributed by atoms with Crippen molar-refractivity contribution in [2.24, 2.45) is 9.50 Å². The molecule has 0 radical (unpaired) electrons.